The van der Waals surface area contributed by atoms with Crippen molar-refractivity contribution >= 4 is 0 Å². The second-order valence-corrected chi connectivity index (χ2v) is 8.77. The van der Waals surface area contributed by atoms with E-state index < -0.39 is 0 Å². The maximum Gasteiger partial charge on any atom is 0.0603 e. The van der Waals surface area contributed by atoms with Gasteiger partial charge in [-0.25, -0.2) is 0 Å². The van der Waals surface area contributed by atoms with Crippen molar-refractivity contribution in [3.63, 3.8) is 0 Å². The molecule has 0 amide bonds. The maximum atomic E-state index is 6.19. The van der Waals surface area contributed by atoms with Crippen molar-refractivity contribution in [2.24, 2.45) is 11.3 Å². The van der Waals surface area contributed by atoms with E-state index in [0.29, 0.717) is 12.2 Å². The van der Waals surface area contributed by atoms with Crippen molar-refractivity contribution < 1.29 is 4.74 Å². The molecule has 0 N–H and O–H groups in total. The standard InChI is InChI=1S/C19H34N2O/c1-20-11-7-19(8-12-20)13-16(14-19)15-21-9-5-18(6-10-21)22-17-3-2-4-17/h16-18H,2-15H2,1H3. The van der Waals surface area contributed by atoms with Crippen LogP contribution in [-0.2, 0) is 4.74 Å². The summed E-state index contributed by atoms with van der Waals surface area (Å²) in [5.41, 5.74) is 0.753. The minimum absolute atomic E-state index is 0.572. The van der Waals surface area contributed by atoms with Crippen molar-refractivity contribution in [1.82, 2.24) is 9.80 Å². The van der Waals surface area contributed by atoms with E-state index in [2.05, 4.69) is 16.8 Å². The van der Waals surface area contributed by atoms with E-state index in [0.717, 1.165) is 11.3 Å². The number of likely N-dealkylation sites (tertiary alicyclic amines) is 2. The Labute approximate surface area is 136 Å². The lowest BCUT2D eigenvalue weighted by Gasteiger charge is -2.53. The van der Waals surface area contributed by atoms with Gasteiger partial charge in [-0.1, -0.05) is 0 Å². The molecule has 4 aliphatic rings. The van der Waals surface area contributed by atoms with Gasteiger partial charge in [-0.2, -0.15) is 0 Å². The number of nitrogens with zero attached hydrogens (tertiary/aromatic N) is 2. The molecule has 4 rings (SSSR count). The summed E-state index contributed by atoms with van der Waals surface area (Å²) in [6, 6.07) is 0. The van der Waals surface area contributed by atoms with Crippen LogP contribution in [0.3, 0.4) is 0 Å². The van der Waals surface area contributed by atoms with Gasteiger partial charge in [0.25, 0.3) is 0 Å². The largest absolute Gasteiger partial charge is 0.375 e. The monoisotopic (exact) mass is 306 g/mol. The van der Waals surface area contributed by atoms with Gasteiger partial charge in [-0.05, 0) is 89.3 Å². The third-order valence-corrected chi connectivity index (χ3v) is 6.98. The summed E-state index contributed by atoms with van der Waals surface area (Å²) < 4.78 is 6.19. The van der Waals surface area contributed by atoms with Crippen LogP contribution < -0.4 is 0 Å². The van der Waals surface area contributed by atoms with E-state index in [1.807, 2.05) is 0 Å². The lowest BCUT2D eigenvalue weighted by atomic mass is 9.57. The molecule has 0 aromatic rings. The molecule has 3 nitrogen and oxygen atoms in total. The van der Waals surface area contributed by atoms with Crippen LogP contribution >= 0.6 is 0 Å². The van der Waals surface area contributed by atoms with Gasteiger partial charge in [-0.3, -0.25) is 0 Å². The second-order valence-electron chi connectivity index (χ2n) is 8.77. The molecular formula is C19H34N2O. The molecule has 2 aliphatic heterocycles. The summed E-state index contributed by atoms with van der Waals surface area (Å²) in [6.07, 6.45) is 13.7. The maximum absolute atomic E-state index is 6.19. The van der Waals surface area contributed by atoms with E-state index in [-0.39, 0.29) is 0 Å². The van der Waals surface area contributed by atoms with Crippen LogP contribution in [0.4, 0.5) is 0 Å². The van der Waals surface area contributed by atoms with E-state index in [4.69, 9.17) is 4.74 Å². The van der Waals surface area contributed by atoms with E-state index in [9.17, 15) is 0 Å². The van der Waals surface area contributed by atoms with Gasteiger partial charge in [-0.15, -0.1) is 0 Å². The minimum atomic E-state index is 0.572. The molecular weight excluding hydrogens is 272 g/mol. The predicted octanol–water partition coefficient (Wildman–Crippen LogP) is 3.14. The lowest BCUT2D eigenvalue weighted by molar-refractivity contribution is -0.0798. The van der Waals surface area contributed by atoms with Crippen LogP contribution in [0.5, 0.6) is 0 Å². The lowest BCUT2D eigenvalue weighted by Crippen LogP contribution is -2.50. The van der Waals surface area contributed by atoms with E-state index in [1.54, 1.807) is 0 Å². The molecule has 0 atom stereocenters. The number of ether oxygens (including phenoxy) is 1. The zero-order valence-electron chi connectivity index (χ0n) is 14.4. The average Bonchev–Trinajstić information content (AvgIpc) is 2.45. The fourth-order valence-electron chi connectivity index (χ4n) is 5.17. The summed E-state index contributed by atoms with van der Waals surface area (Å²) in [5.74, 6) is 0.993. The van der Waals surface area contributed by atoms with Crippen molar-refractivity contribution in [1.29, 1.82) is 0 Å². The number of piperidine rings is 2. The van der Waals surface area contributed by atoms with Crippen LogP contribution in [0.15, 0.2) is 0 Å². The Kier molecular flexibility index (Phi) is 4.49. The van der Waals surface area contributed by atoms with E-state index >= 15 is 0 Å². The topological polar surface area (TPSA) is 15.7 Å². The van der Waals surface area contributed by atoms with Crippen LogP contribution in [0.25, 0.3) is 0 Å². The van der Waals surface area contributed by atoms with Crippen LogP contribution in [0, 0.1) is 11.3 Å². The number of hydrogen-bond donors (Lipinski definition) is 0. The van der Waals surface area contributed by atoms with Gasteiger partial charge in [0, 0.05) is 19.6 Å². The van der Waals surface area contributed by atoms with Crippen molar-refractivity contribution in [3.05, 3.63) is 0 Å². The Bertz CT molecular complexity index is 358. The number of hydrogen-bond acceptors (Lipinski definition) is 3. The fraction of sp³-hybridized carbons (Fsp3) is 1.00. The predicted molar refractivity (Wildman–Crippen MR) is 90.1 cm³/mol. The summed E-state index contributed by atoms with van der Waals surface area (Å²) in [5, 5.41) is 0. The smallest absolute Gasteiger partial charge is 0.0603 e. The van der Waals surface area contributed by atoms with Crippen molar-refractivity contribution in [2.45, 2.75) is 70.0 Å². The molecule has 0 aromatic heterocycles. The van der Waals surface area contributed by atoms with Crippen molar-refractivity contribution in [2.75, 3.05) is 39.8 Å². The first-order valence-corrected chi connectivity index (χ1v) is 9.77. The van der Waals surface area contributed by atoms with Gasteiger partial charge >= 0.3 is 0 Å². The first-order chi connectivity index (χ1) is 10.7. The van der Waals surface area contributed by atoms with Crippen LogP contribution in [-0.4, -0.2) is 61.8 Å². The highest BCUT2D eigenvalue weighted by atomic mass is 16.5. The highest BCUT2D eigenvalue weighted by molar-refractivity contribution is 4.97. The van der Waals surface area contributed by atoms with Gasteiger partial charge in [0.2, 0.25) is 0 Å². The second kappa shape index (κ2) is 6.41. The highest BCUT2D eigenvalue weighted by Crippen LogP contribution is 2.52. The van der Waals surface area contributed by atoms with Crippen LogP contribution in [0.1, 0.15) is 57.8 Å². The molecule has 2 heterocycles. The average molecular weight is 306 g/mol. The van der Waals surface area contributed by atoms with Crippen LogP contribution in [0.2, 0.25) is 0 Å². The van der Waals surface area contributed by atoms with Gasteiger partial charge in [0.1, 0.15) is 0 Å². The summed E-state index contributed by atoms with van der Waals surface area (Å²) >= 11 is 0. The summed E-state index contributed by atoms with van der Waals surface area (Å²) in [4.78, 5) is 5.23. The highest BCUT2D eigenvalue weighted by Gasteiger charge is 2.45. The molecule has 1 spiro atoms. The van der Waals surface area contributed by atoms with Gasteiger partial charge < -0.3 is 14.5 Å². The Morgan fingerprint density at radius 2 is 1.55 bits per heavy atom. The molecule has 2 saturated heterocycles. The van der Waals surface area contributed by atoms with Crippen molar-refractivity contribution in [3.8, 4) is 0 Å². The fourth-order valence-corrected chi connectivity index (χ4v) is 5.17. The molecule has 126 valence electrons. The first-order valence-electron chi connectivity index (χ1n) is 9.77. The molecule has 0 bridgehead atoms. The molecule has 22 heavy (non-hydrogen) atoms. The third-order valence-electron chi connectivity index (χ3n) is 6.98. The Balaban J connectivity index is 1.14. The molecule has 2 aliphatic carbocycles. The Morgan fingerprint density at radius 1 is 0.909 bits per heavy atom. The molecule has 2 saturated carbocycles. The molecule has 4 fully saturated rings. The summed E-state index contributed by atoms with van der Waals surface area (Å²) in [6.45, 7) is 6.59. The normalized spacial score (nSPS) is 32.0. The Morgan fingerprint density at radius 3 is 2.14 bits per heavy atom. The molecule has 0 aromatic carbocycles. The number of rotatable bonds is 4. The molecule has 0 radical (unpaired) electrons. The van der Waals surface area contributed by atoms with Gasteiger partial charge in [0.05, 0.1) is 12.2 Å². The Hall–Kier alpha value is -0.120. The minimum Gasteiger partial charge on any atom is -0.375 e. The van der Waals surface area contributed by atoms with Gasteiger partial charge in [0.15, 0.2) is 0 Å². The SMILES string of the molecule is CN1CCC2(CC1)CC(CN1CCC(OC3CCC3)CC1)C2. The third kappa shape index (κ3) is 3.37. The summed E-state index contributed by atoms with van der Waals surface area (Å²) in [7, 11) is 2.28. The molecule has 3 heteroatoms. The van der Waals surface area contributed by atoms with E-state index in [1.165, 1.54) is 90.5 Å². The first kappa shape index (κ1) is 15.4. The zero-order valence-corrected chi connectivity index (χ0v) is 14.4. The zero-order chi connectivity index (χ0) is 15.0. The quantitative estimate of drug-likeness (QED) is 0.793. The molecule has 0 unspecified atom stereocenters.